The Bertz CT molecular complexity index is 2000. The number of hydrogen-bond acceptors (Lipinski definition) is 4. The predicted octanol–water partition coefficient (Wildman–Crippen LogP) is 11.7. The first-order valence-electron chi connectivity index (χ1n) is 18.2. The molecular formula is C46H48F4IrN4-4. The van der Waals surface area contributed by atoms with Crippen LogP contribution in [0, 0.1) is 48.1 Å². The Morgan fingerprint density at radius 1 is 0.655 bits per heavy atom. The Morgan fingerprint density at radius 3 is 1.49 bits per heavy atom. The molecule has 0 saturated heterocycles. The Balaban J connectivity index is 0.000000375. The molecule has 0 bridgehead atoms. The Hall–Kier alpha value is -4.33. The number of unbranched alkanes of at least 4 members (excludes halogenated alkanes) is 1. The van der Waals surface area contributed by atoms with Crippen LogP contribution in [0.15, 0.2) is 84.2 Å². The predicted molar refractivity (Wildman–Crippen MR) is 209 cm³/mol. The number of para-hydroxylation sites is 1. The fourth-order valence-corrected chi connectivity index (χ4v) is 6.00. The average molecular weight is 925 g/mol. The minimum atomic E-state index is -0.694. The summed E-state index contributed by atoms with van der Waals surface area (Å²) in [6.45, 7) is 18.8. The molecule has 4 nitrogen and oxygen atoms in total. The fourth-order valence-electron chi connectivity index (χ4n) is 6.00. The molecule has 0 spiro atoms. The standard InChI is InChI=1S/C34H34F4N2.C12H14N2.Ir/c1-33(2,3)21-15-25(39-31(17-21)27-13-11-23(35)19-29(27)37)9-7-8-10-26-16-22(34(4,5)6)18-32(40-26)28-14-12-24(36)20-30(28)38;1-10-11(2)14(9-13(10)3)12-7-5-4-6-8-12;/h11-12,15-20H,7-10H2,1-6H3;4-7,9H,1-3H3;/q2*-2;. The number of hydrogen-bond donors (Lipinski definition) is 0. The van der Waals surface area contributed by atoms with E-state index in [0.29, 0.717) is 24.2 Å². The maximum atomic E-state index is 14.5. The molecule has 0 atom stereocenters. The number of nitrogens with zero attached hydrogens (tertiary/aromatic N) is 4. The summed E-state index contributed by atoms with van der Waals surface area (Å²) in [5, 5.41) is 0. The second-order valence-corrected chi connectivity index (χ2v) is 15.8. The average Bonchev–Trinajstić information content (AvgIpc) is 3.37. The molecule has 1 aliphatic heterocycles. The largest absolute Gasteiger partial charge is 0.508 e. The number of anilines is 1. The van der Waals surface area contributed by atoms with E-state index in [0.717, 1.165) is 65.3 Å². The summed E-state index contributed by atoms with van der Waals surface area (Å²) in [7, 11) is 2.06. The number of benzene rings is 3. The maximum Gasteiger partial charge on any atom is 0.0408 e. The molecule has 0 unspecified atom stereocenters. The van der Waals surface area contributed by atoms with E-state index < -0.39 is 23.3 Å². The van der Waals surface area contributed by atoms with E-state index in [2.05, 4.69) is 113 Å². The van der Waals surface area contributed by atoms with Gasteiger partial charge >= 0.3 is 0 Å². The van der Waals surface area contributed by atoms with Crippen LogP contribution in [-0.2, 0) is 43.8 Å². The van der Waals surface area contributed by atoms with E-state index in [1.807, 2.05) is 42.5 Å². The van der Waals surface area contributed by atoms with Crippen LogP contribution in [0.25, 0.3) is 22.5 Å². The summed E-state index contributed by atoms with van der Waals surface area (Å²) in [6.07, 6.45) is 2.91. The second-order valence-electron chi connectivity index (χ2n) is 15.8. The van der Waals surface area contributed by atoms with Gasteiger partial charge in [-0.15, -0.1) is 30.0 Å². The fraction of sp³-hybridized carbons (Fsp3) is 0.326. The quantitative estimate of drug-likeness (QED) is 0.0882. The van der Waals surface area contributed by atoms with E-state index in [1.165, 1.54) is 11.4 Å². The molecule has 1 aliphatic rings. The van der Waals surface area contributed by atoms with Gasteiger partial charge in [-0.3, -0.25) is 17.6 Å². The Labute approximate surface area is 338 Å². The summed E-state index contributed by atoms with van der Waals surface area (Å²) in [4.78, 5) is 13.6. The van der Waals surface area contributed by atoms with Gasteiger partial charge < -0.3 is 19.8 Å². The SMILES string of the molecule is CC(C)(C)c1cc(CCCCc2cc(C(C)(C)C)cc(-c3[c-]cc(F)cc3F)n2)nc(-c2[c-]cc(F)cc2F)c1.CC1=C(C)N(c2[c-]cccc2)[CH-]N1C.[Ir]. The van der Waals surface area contributed by atoms with Crippen LogP contribution in [0.1, 0.15) is 90.7 Å². The summed E-state index contributed by atoms with van der Waals surface area (Å²) in [5.41, 5.74) is 8.06. The third kappa shape index (κ3) is 11.1. The molecular weight excluding hydrogens is 877 g/mol. The number of rotatable bonds is 8. The van der Waals surface area contributed by atoms with Crippen molar-refractivity contribution >= 4 is 5.69 Å². The first-order chi connectivity index (χ1) is 25.4. The molecule has 55 heavy (non-hydrogen) atoms. The van der Waals surface area contributed by atoms with Crippen LogP contribution >= 0.6 is 0 Å². The van der Waals surface area contributed by atoms with Gasteiger partial charge in [0.25, 0.3) is 0 Å². The number of halogens is 4. The van der Waals surface area contributed by atoms with Crippen molar-refractivity contribution in [3.05, 3.63) is 155 Å². The molecule has 6 rings (SSSR count). The van der Waals surface area contributed by atoms with Gasteiger partial charge in [0.1, 0.15) is 0 Å². The molecule has 5 aromatic rings. The van der Waals surface area contributed by atoms with Gasteiger partial charge in [0.2, 0.25) is 0 Å². The minimum Gasteiger partial charge on any atom is -0.508 e. The Morgan fingerprint density at radius 2 is 1.13 bits per heavy atom. The van der Waals surface area contributed by atoms with Crippen molar-refractivity contribution in [1.29, 1.82) is 0 Å². The summed E-state index contributed by atoms with van der Waals surface area (Å²) in [5.74, 6) is -2.75. The molecule has 3 aromatic carbocycles. The van der Waals surface area contributed by atoms with E-state index in [9.17, 15) is 17.6 Å². The van der Waals surface area contributed by atoms with Crippen molar-refractivity contribution in [2.75, 3.05) is 11.9 Å². The third-order valence-corrected chi connectivity index (χ3v) is 9.49. The number of aromatic nitrogens is 2. The van der Waals surface area contributed by atoms with E-state index >= 15 is 0 Å². The first-order valence-corrected chi connectivity index (χ1v) is 18.2. The number of aryl methyl sites for hydroxylation is 2. The Kier molecular flexibility index (Phi) is 14.3. The molecule has 0 amide bonds. The van der Waals surface area contributed by atoms with Gasteiger partial charge in [0.05, 0.1) is 0 Å². The van der Waals surface area contributed by atoms with Crippen molar-refractivity contribution in [3.8, 4) is 22.5 Å². The molecule has 1 radical (unpaired) electrons. The zero-order valence-corrected chi connectivity index (χ0v) is 35.4. The first kappa shape index (κ1) is 43.4. The van der Waals surface area contributed by atoms with E-state index in [1.54, 1.807) is 0 Å². The topological polar surface area (TPSA) is 32.3 Å². The maximum absolute atomic E-state index is 14.5. The van der Waals surface area contributed by atoms with Crippen LogP contribution < -0.4 is 4.90 Å². The molecule has 0 saturated carbocycles. The molecule has 0 fully saturated rings. The molecule has 0 N–H and O–H groups in total. The van der Waals surface area contributed by atoms with Crippen LogP contribution in [-0.4, -0.2) is 21.9 Å². The minimum absolute atomic E-state index is 0. The number of allylic oxidation sites excluding steroid dienone is 2. The molecule has 0 aliphatic carbocycles. The van der Waals surface area contributed by atoms with Gasteiger partial charge in [-0.05, 0) is 97.8 Å². The van der Waals surface area contributed by atoms with Gasteiger partial charge in [-0.2, -0.15) is 37.0 Å². The summed E-state index contributed by atoms with van der Waals surface area (Å²) < 4.78 is 56.0. The van der Waals surface area contributed by atoms with Gasteiger partial charge in [-0.25, -0.2) is 0 Å². The van der Waals surface area contributed by atoms with Gasteiger partial charge in [0, 0.05) is 60.5 Å². The smallest absolute Gasteiger partial charge is 0.0408 e. The molecule has 293 valence electrons. The second kappa shape index (κ2) is 18.1. The molecule has 9 heteroatoms. The van der Waals surface area contributed by atoms with E-state index in [-0.39, 0.29) is 42.1 Å². The molecule has 2 aromatic heterocycles. The van der Waals surface area contributed by atoms with Gasteiger partial charge in [0.15, 0.2) is 0 Å². The van der Waals surface area contributed by atoms with Crippen molar-refractivity contribution in [3.63, 3.8) is 0 Å². The zero-order chi connectivity index (χ0) is 39.4. The van der Waals surface area contributed by atoms with Crippen molar-refractivity contribution in [2.24, 2.45) is 0 Å². The van der Waals surface area contributed by atoms with Gasteiger partial charge in [-0.1, -0.05) is 76.9 Å². The van der Waals surface area contributed by atoms with Crippen molar-refractivity contribution in [2.45, 2.75) is 91.9 Å². The van der Waals surface area contributed by atoms with E-state index in [4.69, 9.17) is 0 Å². The number of pyridine rings is 2. The normalized spacial score (nSPS) is 13.1. The van der Waals surface area contributed by atoms with Crippen LogP contribution in [0.3, 0.4) is 0 Å². The van der Waals surface area contributed by atoms with Crippen LogP contribution in [0.5, 0.6) is 0 Å². The van der Waals surface area contributed by atoms with Crippen LogP contribution in [0.2, 0.25) is 0 Å². The monoisotopic (exact) mass is 925 g/mol. The molecule has 3 heterocycles. The zero-order valence-electron chi connectivity index (χ0n) is 33.0. The summed E-state index contributed by atoms with van der Waals surface area (Å²) in [6, 6.07) is 28.3. The summed E-state index contributed by atoms with van der Waals surface area (Å²) >= 11 is 0. The van der Waals surface area contributed by atoms with Crippen molar-refractivity contribution in [1.82, 2.24) is 14.9 Å². The third-order valence-electron chi connectivity index (χ3n) is 9.49. The van der Waals surface area contributed by atoms with Crippen molar-refractivity contribution < 1.29 is 37.7 Å². The van der Waals surface area contributed by atoms with Crippen LogP contribution in [0.4, 0.5) is 23.2 Å².